The SMILES string of the molecule is COc1ccc(C(=O)NN)cc1OCc1ccccc1C. The summed E-state index contributed by atoms with van der Waals surface area (Å²) in [5, 5.41) is 0. The fourth-order valence-electron chi connectivity index (χ4n) is 1.94. The highest BCUT2D eigenvalue weighted by Gasteiger charge is 2.11. The van der Waals surface area contributed by atoms with Crippen LogP contribution in [0.25, 0.3) is 0 Å². The zero-order chi connectivity index (χ0) is 15.2. The quantitative estimate of drug-likeness (QED) is 0.502. The van der Waals surface area contributed by atoms with Gasteiger partial charge in [-0.1, -0.05) is 24.3 Å². The molecule has 0 unspecified atom stereocenters. The highest BCUT2D eigenvalue weighted by molar-refractivity contribution is 5.94. The van der Waals surface area contributed by atoms with Gasteiger partial charge in [0, 0.05) is 5.56 Å². The van der Waals surface area contributed by atoms with Gasteiger partial charge < -0.3 is 9.47 Å². The Hall–Kier alpha value is -2.53. The summed E-state index contributed by atoms with van der Waals surface area (Å²) < 4.78 is 11.0. The second-order valence-electron chi connectivity index (χ2n) is 4.55. The summed E-state index contributed by atoms with van der Waals surface area (Å²) in [6.07, 6.45) is 0. The largest absolute Gasteiger partial charge is 0.493 e. The van der Waals surface area contributed by atoms with Gasteiger partial charge in [0.25, 0.3) is 5.91 Å². The Morgan fingerprint density at radius 3 is 2.62 bits per heavy atom. The molecule has 0 bridgehead atoms. The van der Waals surface area contributed by atoms with Crippen molar-refractivity contribution in [2.24, 2.45) is 5.84 Å². The minimum Gasteiger partial charge on any atom is -0.493 e. The van der Waals surface area contributed by atoms with Crippen molar-refractivity contribution in [1.29, 1.82) is 0 Å². The van der Waals surface area contributed by atoms with E-state index in [0.29, 0.717) is 23.7 Å². The van der Waals surface area contributed by atoms with Crippen molar-refractivity contribution in [3.63, 3.8) is 0 Å². The number of methoxy groups -OCH3 is 1. The molecule has 2 aromatic carbocycles. The number of benzene rings is 2. The Kier molecular flexibility index (Phi) is 4.79. The van der Waals surface area contributed by atoms with Crippen LogP contribution in [0.15, 0.2) is 42.5 Å². The molecule has 0 aliphatic heterocycles. The first-order valence-electron chi connectivity index (χ1n) is 6.52. The van der Waals surface area contributed by atoms with Gasteiger partial charge in [-0.2, -0.15) is 0 Å². The number of nitrogens with one attached hydrogen (secondary N) is 1. The summed E-state index contributed by atoms with van der Waals surface area (Å²) in [6, 6.07) is 12.9. The Morgan fingerprint density at radius 1 is 1.19 bits per heavy atom. The number of hydrogen-bond acceptors (Lipinski definition) is 4. The summed E-state index contributed by atoms with van der Waals surface area (Å²) >= 11 is 0. The number of amides is 1. The van der Waals surface area contributed by atoms with Crippen LogP contribution in [0.2, 0.25) is 0 Å². The van der Waals surface area contributed by atoms with E-state index in [0.717, 1.165) is 11.1 Å². The monoisotopic (exact) mass is 286 g/mol. The van der Waals surface area contributed by atoms with E-state index in [9.17, 15) is 4.79 Å². The third-order valence-electron chi connectivity index (χ3n) is 3.20. The molecule has 3 N–H and O–H groups in total. The van der Waals surface area contributed by atoms with Crippen LogP contribution in [0.3, 0.4) is 0 Å². The molecule has 0 saturated heterocycles. The molecule has 5 nitrogen and oxygen atoms in total. The second kappa shape index (κ2) is 6.76. The third-order valence-corrected chi connectivity index (χ3v) is 3.20. The van der Waals surface area contributed by atoms with Crippen molar-refractivity contribution < 1.29 is 14.3 Å². The predicted molar refractivity (Wildman–Crippen MR) is 80.2 cm³/mol. The van der Waals surface area contributed by atoms with E-state index in [4.69, 9.17) is 15.3 Å². The lowest BCUT2D eigenvalue weighted by atomic mass is 10.1. The van der Waals surface area contributed by atoms with Gasteiger partial charge in [-0.05, 0) is 36.2 Å². The van der Waals surface area contributed by atoms with Crippen molar-refractivity contribution in [2.45, 2.75) is 13.5 Å². The first-order valence-corrected chi connectivity index (χ1v) is 6.52. The molecule has 0 radical (unpaired) electrons. The molecule has 21 heavy (non-hydrogen) atoms. The van der Waals surface area contributed by atoms with Crippen LogP contribution in [0.1, 0.15) is 21.5 Å². The summed E-state index contributed by atoms with van der Waals surface area (Å²) in [4.78, 5) is 11.6. The zero-order valence-corrected chi connectivity index (χ0v) is 12.1. The molecule has 1 amide bonds. The smallest absolute Gasteiger partial charge is 0.265 e. The molecule has 0 aliphatic carbocycles. The van der Waals surface area contributed by atoms with Crippen LogP contribution in [-0.2, 0) is 6.61 Å². The van der Waals surface area contributed by atoms with Gasteiger partial charge in [-0.3, -0.25) is 10.2 Å². The fraction of sp³-hybridized carbons (Fsp3) is 0.188. The van der Waals surface area contributed by atoms with Crippen molar-refractivity contribution >= 4 is 5.91 Å². The summed E-state index contributed by atoms with van der Waals surface area (Å²) in [6.45, 7) is 2.42. The molecule has 110 valence electrons. The van der Waals surface area contributed by atoms with E-state index in [1.165, 1.54) is 0 Å². The molecule has 0 aromatic heterocycles. The van der Waals surface area contributed by atoms with E-state index < -0.39 is 0 Å². The molecule has 0 atom stereocenters. The molecule has 0 fully saturated rings. The van der Waals surface area contributed by atoms with E-state index in [1.807, 2.05) is 31.2 Å². The maximum atomic E-state index is 11.6. The molecule has 5 heteroatoms. The highest BCUT2D eigenvalue weighted by Crippen LogP contribution is 2.29. The summed E-state index contributed by atoms with van der Waals surface area (Å²) in [7, 11) is 1.55. The predicted octanol–water partition coefficient (Wildman–Crippen LogP) is 2.19. The normalized spacial score (nSPS) is 10.0. The van der Waals surface area contributed by atoms with Gasteiger partial charge in [0.1, 0.15) is 6.61 Å². The average molecular weight is 286 g/mol. The number of hydrazine groups is 1. The van der Waals surface area contributed by atoms with Crippen molar-refractivity contribution in [3.05, 3.63) is 59.2 Å². The lowest BCUT2D eigenvalue weighted by molar-refractivity contribution is 0.0953. The van der Waals surface area contributed by atoms with Crippen LogP contribution in [0, 0.1) is 6.92 Å². The summed E-state index contributed by atoms with van der Waals surface area (Å²) in [5.41, 5.74) is 4.73. The van der Waals surface area contributed by atoms with E-state index in [1.54, 1.807) is 25.3 Å². The topological polar surface area (TPSA) is 73.6 Å². The Balaban J connectivity index is 2.21. The van der Waals surface area contributed by atoms with E-state index in [-0.39, 0.29) is 5.91 Å². The molecular formula is C16H18N2O3. The van der Waals surface area contributed by atoms with Crippen LogP contribution in [0.5, 0.6) is 11.5 Å². The number of nitrogens with two attached hydrogens (primary N) is 1. The standard InChI is InChI=1S/C16H18N2O3/c1-11-5-3-4-6-13(11)10-21-15-9-12(16(19)18-17)7-8-14(15)20-2/h3-9H,10,17H2,1-2H3,(H,18,19). The number of hydrogen-bond donors (Lipinski definition) is 2. The minimum atomic E-state index is -0.376. The average Bonchev–Trinajstić information content (AvgIpc) is 2.53. The molecular weight excluding hydrogens is 268 g/mol. The van der Waals surface area contributed by atoms with Crippen molar-refractivity contribution in [1.82, 2.24) is 5.43 Å². The highest BCUT2D eigenvalue weighted by atomic mass is 16.5. The number of nitrogen functional groups attached to an aromatic ring is 1. The van der Waals surface area contributed by atoms with Crippen LogP contribution >= 0.6 is 0 Å². The first kappa shape index (κ1) is 14.9. The number of carbonyl (C=O) groups is 1. The van der Waals surface area contributed by atoms with Crippen molar-refractivity contribution in [2.75, 3.05) is 7.11 Å². The number of carbonyl (C=O) groups excluding carboxylic acids is 1. The Labute approximate surface area is 123 Å². The van der Waals surface area contributed by atoms with Crippen molar-refractivity contribution in [3.8, 4) is 11.5 Å². The van der Waals surface area contributed by atoms with Gasteiger partial charge in [0.05, 0.1) is 7.11 Å². The van der Waals surface area contributed by atoms with Gasteiger partial charge in [-0.15, -0.1) is 0 Å². The molecule has 2 aromatic rings. The van der Waals surface area contributed by atoms with Gasteiger partial charge >= 0.3 is 0 Å². The van der Waals surface area contributed by atoms with Crippen LogP contribution in [0.4, 0.5) is 0 Å². The van der Waals surface area contributed by atoms with Gasteiger partial charge in [0.2, 0.25) is 0 Å². The van der Waals surface area contributed by atoms with Gasteiger partial charge in [0.15, 0.2) is 11.5 Å². The van der Waals surface area contributed by atoms with E-state index in [2.05, 4.69) is 5.43 Å². The molecule has 0 heterocycles. The molecule has 0 spiro atoms. The first-order chi connectivity index (χ1) is 10.2. The zero-order valence-electron chi connectivity index (χ0n) is 12.1. The number of rotatable bonds is 5. The maximum Gasteiger partial charge on any atom is 0.265 e. The minimum absolute atomic E-state index is 0.376. The fourth-order valence-corrected chi connectivity index (χ4v) is 1.94. The lowest BCUT2D eigenvalue weighted by Crippen LogP contribution is -2.29. The second-order valence-corrected chi connectivity index (χ2v) is 4.55. The third kappa shape index (κ3) is 3.52. The molecule has 0 aliphatic rings. The summed E-state index contributed by atoms with van der Waals surface area (Å²) in [5.74, 6) is 5.83. The Bertz CT molecular complexity index is 641. The Morgan fingerprint density at radius 2 is 1.95 bits per heavy atom. The number of aryl methyl sites for hydroxylation is 1. The molecule has 2 rings (SSSR count). The molecule has 0 saturated carbocycles. The van der Waals surface area contributed by atoms with Gasteiger partial charge in [-0.25, -0.2) is 5.84 Å². The lowest BCUT2D eigenvalue weighted by Gasteiger charge is -2.13. The maximum absolute atomic E-state index is 11.6. The number of ether oxygens (including phenoxy) is 2. The van der Waals surface area contributed by atoms with E-state index >= 15 is 0 Å². The van der Waals surface area contributed by atoms with Crippen LogP contribution in [-0.4, -0.2) is 13.0 Å². The van der Waals surface area contributed by atoms with Crippen LogP contribution < -0.4 is 20.7 Å².